The first-order valence-corrected chi connectivity index (χ1v) is 7.51. The van der Waals surface area contributed by atoms with Gasteiger partial charge in [0.15, 0.2) is 0 Å². The van der Waals surface area contributed by atoms with Gasteiger partial charge in [-0.25, -0.2) is 9.37 Å². The Morgan fingerprint density at radius 2 is 1.86 bits per heavy atom. The van der Waals surface area contributed by atoms with E-state index in [-0.39, 0.29) is 11.7 Å². The molecular weight excluding hydrogens is 281 g/mol. The molecule has 0 radical (unpaired) electrons. The van der Waals surface area contributed by atoms with Crippen LogP contribution in [0.25, 0.3) is 0 Å². The second-order valence-electron chi connectivity index (χ2n) is 5.39. The molecule has 5 heteroatoms. The van der Waals surface area contributed by atoms with Crippen molar-refractivity contribution in [2.75, 3.05) is 23.3 Å². The fourth-order valence-electron chi connectivity index (χ4n) is 2.61. The highest BCUT2D eigenvalue weighted by atomic mass is 19.1. The minimum Gasteiger partial charge on any atom is -0.357 e. The van der Waals surface area contributed by atoms with Crippen LogP contribution in [0.2, 0.25) is 0 Å². The summed E-state index contributed by atoms with van der Waals surface area (Å²) in [5.41, 5.74) is 0.766. The van der Waals surface area contributed by atoms with Crippen LogP contribution in [-0.4, -0.2) is 24.0 Å². The minimum absolute atomic E-state index is 0.329. The maximum absolute atomic E-state index is 13.2. The lowest BCUT2D eigenvalue weighted by molar-refractivity contribution is 0.102. The number of carbonyl (C=O) groups is 1. The van der Waals surface area contributed by atoms with Crippen molar-refractivity contribution >= 4 is 17.4 Å². The van der Waals surface area contributed by atoms with Crippen LogP contribution in [0, 0.1) is 5.82 Å². The smallest absolute Gasteiger partial charge is 0.274 e. The van der Waals surface area contributed by atoms with Crippen molar-refractivity contribution < 1.29 is 9.18 Å². The first-order valence-electron chi connectivity index (χ1n) is 7.51. The van der Waals surface area contributed by atoms with Crippen LogP contribution < -0.4 is 10.2 Å². The first-order chi connectivity index (χ1) is 10.7. The van der Waals surface area contributed by atoms with Gasteiger partial charge in [0.1, 0.15) is 17.3 Å². The zero-order valence-electron chi connectivity index (χ0n) is 12.3. The third-order valence-electron chi connectivity index (χ3n) is 3.73. The first kappa shape index (κ1) is 14.5. The number of nitrogens with zero attached hydrogens (tertiary/aromatic N) is 2. The molecule has 2 aromatic rings. The summed E-state index contributed by atoms with van der Waals surface area (Å²) in [6.45, 7) is 1.95. The van der Waals surface area contributed by atoms with Gasteiger partial charge in [-0.1, -0.05) is 12.1 Å². The van der Waals surface area contributed by atoms with Gasteiger partial charge in [0.05, 0.1) is 0 Å². The Bertz CT molecular complexity index is 668. The van der Waals surface area contributed by atoms with E-state index in [1.807, 2.05) is 12.1 Å². The van der Waals surface area contributed by atoms with Gasteiger partial charge in [-0.3, -0.25) is 4.79 Å². The molecule has 114 valence electrons. The predicted octanol–water partition coefficient (Wildman–Crippen LogP) is 3.46. The number of pyridine rings is 1. The topological polar surface area (TPSA) is 45.2 Å². The molecule has 0 spiro atoms. The van der Waals surface area contributed by atoms with Crippen molar-refractivity contribution in [2.45, 2.75) is 19.3 Å². The van der Waals surface area contributed by atoms with Crippen LogP contribution in [-0.2, 0) is 0 Å². The molecule has 0 bridgehead atoms. The van der Waals surface area contributed by atoms with E-state index in [0.29, 0.717) is 11.4 Å². The Morgan fingerprint density at radius 3 is 2.64 bits per heavy atom. The standard InChI is InChI=1S/C17H18FN3O/c18-13-6-4-7-14(12-13)19-17(22)15-8-5-9-16(20-15)21-10-2-1-3-11-21/h4-9,12H,1-3,10-11H2,(H,19,22). The summed E-state index contributed by atoms with van der Waals surface area (Å²) in [4.78, 5) is 18.9. The van der Waals surface area contributed by atoms with E-state index >= 15 is 0 Å². The van der Waals surface area contributed by atoms with Crippen LogP contribution in [0.5, 0.6) is 0 Å². The molecule has 3 rings (SSSR count). The summed E-state index contributed by atoms with van der Waals surface area (Å²) < 4.78 is 13.2. The Hall–Kier alpha value is -2.43. The van der Waals surface area contributed by atoms with Gasteiger partial charge in [0.25, 0.3) is 5.91 Å². The lowest BCUT2D eigenvalue weighted by atomic mass is 10.1. The number of anilines is 2. The largest absolute Gasteiger partial charge is 0.357 e. The number of carbonyl (C=O) groups excluding carboxylic acids is 1. The predicted molar refractivity (Wildman–Crippen MR) is 84.7 cm³/mol. The van der Waals surface area contributed by atoms with E-state index in [9.17, 15) is 9.18 Å². The lowest BCUT2D eigenvalue weighted by Gasteiger charge is -2.27. The number of nitrogens with one attached hydrogen (secondary N) is 1. The van der Waals surface area contributed by atoms with Crippen molar-refractivity contribution in [3.8, 4) is 0 Å². The Kier molecular flexibility index (Phi) is 4.32. The molecule has 1 aromatic heterocycles. The maximum Gasteiger partial charge on any atom is 0.274 e. The molecule has 1 aliphatic rings. The van der Waals surface area contributed by atoms with Gasteiger partial charge in [-0.15, -0.1) is 0 Å². The molecule has 4 nitrogen and oxygen atoms in total. The van der Waals surface area contributed by atoms with Crippen LogP contribution >= 0.6 is 0 Å². The zero-order valence-corrected chi connectivity index (χ0v) is 12.3. The Labute approximate surface area is 129 Å². The molecule has 0 atom stereocenters. The number of halogens is 1. The number of hydrogen-bond donors (Lipinski definition) is 1. The van der Waals surface area contributed by atoms with E-state index in [2.05, 4.69) is 15.2 Å². The average Bonchev–Trinajstić information content (AvgIpc) is 2.56. The summed E-state index contributed by atoms with van der Waals surface area (Å²) in [5, 5.41) is 2.67. The number of amides is 1. The SMILES string of the molecule is O=C(Nc1cccc(F)c1)c1cccc(N2CCCCC2)n1. The van der Waals surface area contributed by atoms with Gasteiger partial charge in [0, 0.05) is 18.8 Å². The molecule has 1 aromatic carbocycles. The number of piperidine rings is 1. The van der Waals surface area contributed by atoms with Gasteiger partial charge in [-0.2, -0.15) is 0 Å². The van der Waals surface area contributed by atoms with E-state index in [1.54, 1.807) is 18.2 Å². The zero-order chi connectivity index (χ0) is 15.4. The minimum atomic E-state index is -0.382. The molecule has 1 aliphatic heterocycles. The summed E-state index contributed by atoms with van der Waals surface area (Å²) in [5.74, 6) is 0.115. The number of benzene rings is 1. The van der Waals surface area contributed by atoms with Crippen LogP contribution in [0.4, 0.5) is 15.9 Å². The summed E-state index contributed by atoms with van der Waals surface area (Å²) in [6, 6.07) is 11.2. The Balaban J connectivity index is 1.75. The van der Waals surface area contributed by atoms with E-state index < -0.39 is 0 Å². The molecule has 1 amide bonds. The maximum atomic E-state index is 13.2. The number of hydrogen-bond acceptors (Lipinski definition) is 3. The van der Waals surface area contributed by atoms with E-state index in [1.165, 1.54) is 18.6 Å². The molecule has 0 aliphatic carbocycles. The highest BCUT2D eigenvalue weighted by Gasteiger charge is 2.14. The van der Waals surface area contributed by atoms with Gasteiger partial charge in [-0.05, 0) is 49.6 Å². The molecule has 1 N–H and O–H groups in total. The van der Waals surface area contributed by atoms with Crippen LogP contribution in [0.1, 0.15) is 29.8 Å². The molecular formula is C17H18FN3O. The summed E-state index contributed by atoms with van der Waals surface area (Å²) in [7, 11) is 0. The van der Waals surface area contributed by atoms with Crippen molar-refractivity contribution in [1.82, 2.24) is 4.98 Å². The van der Waals surface area contributed by atoms with Crippen LogP contribution in [0.15, 0.2) is 42.5 Å². The molecule has 0 unspecified atom stereocenters. The van der Waals surface area contributed by atoms with Crippen LogP contribution in [0.3, 0.4) is 0 Å². The normalized spacial score (nSPS) is 14.7. The van der Waals surface area contributed by atoms with Crippen molar-refractivity contribution in [3.63, 3.8) is 0 Å². The molecule has 1 saturated heterocycles. The Morgan fingerprint density at radius 1 is 1.09 bits per heavy atom. The number of rotatable bonds is 3. The van der Waals surface area contributed by atoms with Crippen molar-refractivity contribution in [3.05, 3.63) is 54.0 Å². The second-order valence-corrected chi connectivity index (χ2v) is 5.39. The quantitative estimate of drug-likeness (QED) is 0.944. The lowest BCUT2D eigenvalue weighted by Crippen LogP contribution is -2.30. The summed E-state index contributed by atoms with van der Waals surface area (Å²) in [6.07, 6.45) is 3.55. The second kappa shape index (κ2) is 6.56. The highest BCUT2D eigenvalue weighted by molar-refractivity contribution is 6.03. The highest BCUT2D eigenvalue weighted by Crippen LogP contribution is 2.18. The molecule has 1 fully saturated rings. The molecule has 2 heterocycles. The van der Waals surface area contributed by atoms with Crippen molar-refractivity contribution in [2.24, 2.45) is 0 Å². The average molecular weight is 299 g/mol. The van der Waals surface area contributed by atoms with E-state index in [0.717, 1.165) is 31.7 Å². The van der Waals surface area contributed by atoms with Crippen molar-refractivity contribution in [1.29, 1.82) is 0 Å². The number of aromatic nitrogens is 1. The fraction of sp³-hybridized carbons (Fsp3) is 0.294. The fourth-order valence-corrected chi connectivity index (χ4v) is 2.61. The molecule has 0 saturated carbocycles. The summed E-state index contributed by atoms with van der Waals surface area (Å²) >= 11 is 0. The van der Waals surface area contributed by atoms with Gasteiger partial charge < -0.3 is 10.2 Å². The van der Waals surface area contributed by atoms with E-state index in [4.69, 9.17) is 0 Å². The molecule has 22 heavy (non-hydrogen) atoms. The van der Waals surface area contributed by atoms with Gasteiger partial charge in [0.2, 0.25) is 0 Å². The monoisotopic (exact) mass is 299 g/mol. The third-order valence-corrected chi connectivity index (χ3v) is 3.73. The third kappa shape index (κ3) is 3.42. The van der Waals surface area contributed by atoms with Gasteiger partial charge >= 0.3 is 0 Å².